The molecule has 0 fully saturated rings. The number of hydrogen-bond donors (Lipinski definition) is 1. The van der Waals surface area contributed by atoms with E-state index in [1.54, 1.807) is 12.4 Å². The number of aromatic amines is 1. The minimum absolute atomic E-state index is 0.121. The normalized spacial score (nSPS) is 13.8. The first-order valence-corrected chi connectivity index (χ1v) is 3.67. The summed E-state index contributed by atoms with van der Waals surface area (Å²) >= 11 is 0. The van der Waals surface area contributed by atoms with Gasteiger partial charge in [0.25, 0.3) is 0 Å². The zero-order valence-electron chi connectivity index (χ0n) is 6.81. The maximum atomic E-state index is 10.3. The number of carbonyl (C=O) groups excluding carboxylic acids is 2. The molecule has 4 nitrogen and oxygen atoms in total. The van der Waals surface area contributed by atoms with E-state index in [0.29, 0.717) is 0 Å². The maximum absolute atomic E-state index is 10.3. The number of nitrogens with zero attached hydrogens (tertiary/aromatic N) is 1. The highest BCUT2D eigenvalue weighted by Gasteiger charge is 1.97. The molecule has 0 atom stereocenters. The largest absolute Gasteiger partial charge is 0.290 e. The second kappa shape index (κ2) is 4.82. The predicted octanol–water partition coefficient (Wildman–Crippen LogP) is 0.660. The highest BCUT2D eigenvalue weighted by Crippen LogP contribution is 1.90. The molecule has 1 aliphatic carbocycles. The van der Waals surface area contributed by atoms with Crippen molar-refractivity contribution in [3.8, 4) is 0 Å². The lowest BCUT2D eigenvalue weighted by Crippen LogP contribution is -1.97. The van der Waals surface area contributed by atoms with E-state index in [1.807, 2.05) is 6.07 Å². The molecular weight excluding hydrogens is 168 g/mol. The molecule has 1 aliphatic rings. The summed E-state index contributed by atoms with van der Waals surface area (Å²) in [5.74, 6) is -0.241. The summed E-state index contributed by atoms with van der Waals surface area (Å²) in [4.78, 5) is 20.6. The number of carbonyl (C=O) groups is 2. The summed E-state index contributed by atoms with van der Waals surface area (Å²) in [6.07, 6.45) is 8.47. The van der Waals surface area contributed by atoms with Gasteiger partial charge in [-0.3, -0.25) is 14.7 Å². The monoisotopic (exact) mass is 176 g/mol. The molecule has 66 valence electrons. The van der Waals surface area contributed by atoms with Crippen LogP contribution in [-0.2, 0) is 9.59 Å². The Kier molecular flexibility index (Phi) is 3.38. The Hall–Kier alpha value is -1.97. The lowest BCUT2D eigenvalue weighted by atomic mass is 10.2. The van der Waals surface area contributed by atoms with Gasteiger partial charge in [-0.1, -0.05) is 0 Å². The fourth-order valence-electron chi connectivity index (χ4n) is 0.655. The van der Waals surface area contributed by atoms with Gasteiger partial charge >= 0.3 is 0 Å². The molecule has 1 heterocycles. The van der Waals surface area contributed by atoms with E-state index >= 15 is 0 Å². The van der Waals surface area contributed by atoms with Gasteiger partial charge in [-0.25, -0.2) is 0 Å². The molecule has 0 unspecified atom stereocenters. The molecule has 0 amide bonds. The zero-order valence-corrected chi connectivity index (χ0v) is 6.81. The standard InChI is InChI=1S/C6H4O2.C3H4N2/c7-5-1-2-6(8)4-3-5;1-2-4-5-3-1/h1-4H;1-3H,(H,4,5). The van der Waals surface area contributed by atoms with Crippen LogP contribution in [0.1, 0.15) is 0 Å². The first-order chi connectivity index (χ1) is 6.29. The van der Waals surface area contributed by atoms with Crippen molar-refractivity contribution < 1.29 is 9.59 Å². The molecule has 0 saturated heterocycles. The Morgan fingerprint density at radius 3 is 1.77 bits per heavy atom. The number of aromatic nitrogens is 2. The van der Waals surface area contributed by atoms with Crippen LogP contribution in [0.25, 0.3) is 0 Å². The quantitative estimate of drug-likeness (QED) is 0.590. The fourth-order valence-corrected chi connectivity index (χ4v) is 0.655. The molecule has 1 aromatic heterocycles. The number of ketones is 2. The predicted molar refractivity (Wildman–Crippen MR) is 46.9 cm³/mol. The third kappa shape index (κ3) is 3.81. The number of rotatable bonds is 0. The van der Waals surface area contributed by atoms with Crippen LogP contribution < -0.4 is 0 Å². The average molecular weight is 176 g/mol. The number of allylic oxidation sites excluding steroid dienone is 4. The fraction of sp³-hybridized carbons (Fsp3) is 0. The first-order valence-electron chi connectivity index (χ1n) is 3.67. The molecule has 0 spiro atoms. The van der Waals surface area contributed by atoms with Gasteiger partial charge in [-0.05, 0) is 30.4 Å². The smallest absolute Gasteiger partial charge is 0.178 e. The zero-order chi connectivity index (χ0) is 9.52. The summed E-state index contributed by atoms with van der Waals surface area (Å²) in [5.41, 5.74) is 0. The lowest BCUT2D eigenvalue weighted by Gasteiger charge is -1.87. The maximum Gasteiger partial charge on any atom is 0.178 e. The molecular formula is C9H8N2O2. The van der Waals surface area contributed by atoms with Gasteiger partial charge in [0.15, 0.2) is 11.6 Å². The van der Waals surface area contributed by atoms with E-state index in [1.165, 1.54) is 24.3 Å². The molecule has 2 rings (SSSR count). The van der Waals surface area contributed by atoms with Gasteiger partial charge in [-0.2, -0.15) is 5.10 Å². The number of H-pyrrole nitrogens is 1. The highest BCUT2D eigenvalue weighted by molar-refractivity contribution is 6.14. The molecule has 0 aromatic carbocycles. The summed E-state index contributed by atoms with van der Waals surface area (Å²) < 4.78 is 0. The Labute approximate surface area is 75.0 Å². The second-order valence-electron chi connectivity index (χ2n) is 2.24. The molecule has 1 aromatic rings. The summed E-state index contributed by atoms with van der Waals surface area (Å²) in [6, 6.07) is 1.83. The molecule has 0 saturated carbocycles. The minimum atomic E-state index is -0.121. The van der Waals surface area contributed by atoms with Crippen molar-refractivity contribution in [2.45, 2.75) is 0 Å². The van der Waals surface area contributed by atoms with Crippen LogP contribution in [0.4, 0.5) is 0 Å². The SMILES string of the molecule is O=C1C=CC(=O)C=C1.c1cn[nH]c1. The number of nitrogens with one attached hydrogen (secondary N) is 1. The van der Waals surface area contributed by atoms with E-state index in [-0.39, 0.29) is 11.6 Å². The first kappa shape index (κ1) is 9.12. The van der Waals surface area contributed by atoms with Gasteiger partial charge in [0, 0.05) is 12.4 Å². The summed E-state index contributed by atoms with van der Waals surface area (Å²) in [6.45, 7) is 0. The molecule has 0 bridgehead atoms. The molecule has 0 radical (unpaired) electrons. The van der Waals surface area contributed by atoms with E-state index in [9.17, 15) is 9.59 Å². The van der Waals surface area contributed by atoms with Crippen molar-refractivity contribution in [3.63, 3.8) is 0 Å². The van der Waals surface area contributed by atoms with Crippen LogP contribution in [-0.4, -0.2) is 21.8 Å². The van der Waals surface area contributed by atoms with Gasteiger partial charge < -0.3 is 0 Å². The molecule has 1 N–H and O–H groups in total. The van der Waals surface area contributed by atoms with Crippen LogP contribution in [0.15, 0.2) is 42.8 Å². The van der Waals surface area contributed by atoms with Crippen molar-refractivity contribution in [1.29, 1.82) is 0 Å². The average Bonchev–Trinajstić information content (AvgIpc) is 2.68. The number of hydrogen-bond acceptors (Lipinski definition) is 3. The molecule has 13 heavy (non-hydrogen) atoms. The van der Waals surface area contributed by atoms with Crippen molar-refractivity contribution in [2.24, 2.45) is 0 Å². The Morgan fingerprint density at radius 1 is 1.00 bits per heavy atom. The Morgan fingerprint density at radius 2 is 1.54 bits per heavy atom. The van der Waals surface area contributed by atoms with Crippen molar-refractivity contribution in [2.75, 3.05) is 0 Å². The van der Waals surface area contributed by atoms with Crippen LogP contribution in [0.2, 0.25) is 0 Å². The summed E-state index contributed by atoms with van der Waals surface area (Å²) in [7, 11) is 0. The topological polar surface area (TPSA) is 62.8 Å². The molecule has 4 heteroatoms. The van der Waals surface area contributed by atoms with Crippen LogP contribution >= 0.6 is 0 Å². The van der Waals surface area contributed by atoms with Gasteiger partial charge in [0.05, 0.1) is 0 Å². The summed E-state index contributed by atoms with van der Waals surface area (Å²) in [5, 5.41) is 6.21. The lowest BCUT2D eigenvalue weighted by molar-refractivity contribution is -0.113. The Balaban J connectivity index is 0.000000145. The third-order valence-corrected chi connectivity index (χ3v) is 1.23. The molecule has 0 aliphatic heterocycles. The van der Waals surface area contributed by atoms with Gasteiger partial charge in [0.2, 0.25) is 0 Å². The van der Waals surface area contributed by atoms with Gasteiger partial charge in [-0.15, -0.1) is 0 Å². The van der Waals surface area contributed by atoms with Crippen molar-refractivity contribution in [3.05, 3.63) is 42.8 Å². The van der Waals surface area contributed by atoms with Gasteiger partial charge in [0.1, 0.15) is 0 Å². The van der Waals surface area contributed by atoms with E-state index < -0.39 is 0 Å². The minimum Gasteiger partial charge on any atom is -0.290 e. The Bertz CT molecular complexity index is 281. The second-order valence-corrected chi connectivity index (χ2v) is 2.24. The van der Waals surface area contributed by atoms with E-state index in [2.05, 4.69) is 10.2 Å². The van der Waals surface area contributed by atoms with Crippen LogP contribution in [0, 0.1) is 0 Å². The third-order valence-electron chi connectivity index (χ3n) is 1.23. The van der Waals surface area contributed by atoms with Crippen molar-refractivity contribution in [1.82, 2.24) is 10.2 Å². The van der Waals surface area contributed by atoms with Crippen LogP contribution in [0.5, 0.6) is 0 Å². The van der Waals surface area contributed by atoms with Crippen LogP contribution in [0.3, 0.4) is 0 Å². The van der Waals surface area contributed by atoms with Crippen molar-refractivity contribution >= 4 is 11.6 Å². The highest BCUT2D eigenvalue weighted by atomic mass is 16.1. The van der Waals surface area contributed by atoms with E-state index in [4.69, 9.17) is 0 Å². The van der Waals surface area contributed by atoms with E-state index in [0.717, 1.165) is 0 Å².